The number of aliphatic hydroxyl groups is 6. The van der Waals surface area contributed by atoms with Gasteiger partial charge in [0.25, 0.3) is 0 Å². The molecule has 1 rings (SSSR count). The fraction of sp³-hybridized carbons (Fsp3) is 0.830. The van der Waals surface area contributed by atoms with Crippen LogP contribution in [0.5, 0.6) is 0 Å². The smallest absolute Gasteiger partial charge is 0.249 e. The molecule has 63 heavy (non-hydrogen) atoms. The molecule has 0 radical (unpaired) electrons. The van der Waals surface area contributed by atoms with E-state index >= 15 is 0 Å². The van der Waals surface area contributed by atoms with E-state index in [4.69, 9.17) is 9.47 Å². The topological polar surface area (TPSA) is 169 Å². The summed E-state index contributed by atoms with van der Waals surface area (Å²) >= 11 is 0. The molecule has 0 aromatic heterocycles. The average molecular weight is 892 g/mol. The lowest BCUT2D eigenvalue weighted by Gasteiger charge is -2.40. The van der Waals surface area contributed by atoms with Crippen LogP contribution in [-0.4, -0.2) is 98.7 Å². The summed E-state index contributed by atoms with van der Waals surface area (Å²) < 4.78 is 11.1. The zero-order chi connectivity index (χ0) is 46.0. The molecule has 1 aliphatic rings. The molecule has 8 atom stereocenters. The quantitative estimate of drug-likeness (QED) is 0.0233. The number of hydrogen-bond acceptors (Lipinski definition) is 9. The highest BCUT2D eigenvalue weighted by Gasteiger charge is 2.44. The number of carbonyl (C=O) groups is 1. The summed E-state index contributed by atoms with van der Waals surface area (Å²) in [5.41, 5.74) is 0. The molecular weight excluding hydrogens is 795 g/mol. The van der Waals surface area contributed by atoms with Crippen LogP contribution in [0.25, 0.3) is 0 Å². The van der Waals surface area contributed by atoms with Crippen molar-refractivity contribution in [2.75, 3.05) is 13.2 Å². The molecule has 1 fully saturated rings. The van der Waals surface area contributed by atoms with Crippen LogP contribution < -0.4 is 5.32 Å². The normalized spacial score (nSPS) is 21.0. The van der Waals surface area contributed by atoms with Gasteiger partial charge in [0.2, 0.25) is 5.91 Å². The molecule has 1 aliphatic heterocycles. The van der Waals surface area contributed by atoms with Crippen molar-refractivity contribution in [3.63, 3.8) is 0 Å². The van der Waals surface area contributed by atoms with Crippen LogP contribution in [0, 0.1) is 0 Å². The van der Waals surface area contributed by atoms with Crippen molar-refractivity contribution in [1.29, 1.82) is 0 Å². The third-order valence-electron chi connectivity index (χ3n) is 12.2. The molecule has 368 valence electrons. The number of rotatable bonds is 43. The van der Waals surface area contributed by atoms with E-state index in [0.29, 0.717) is 19.3 Å². The van der Waals surface area contributed by atoms with Gasteiger partial charge in [-0.05, 0) is 64.2 Å². The zero-order valence-corrected chi connectivity index (χ0v) is 40.2. The van der Waals surface area contributed by atoms with Crippen molar-refractivity contribution in [2.24, 2.45) is 0 Å². The summed E-state index contributed by atoms with van der Waals surface area (Å²) in [6, 6.07) is -1.00. The predicted octanol–water partition coefficient (Wildman–Crippen LogP) is 10.8. The van der Waals surface area contributed by atoms with Gasteiger partial charge in [-0.1, -0.05) is 204 Å². The van der Waals surface area contributed by atoms with Gasteiger partial charge >= 0.3 is 0 Å². The Morgan fingerprint density at radius 3 is 1.48 bits per heavy atom. The summed E-state index contributed by atoms with van der Waals surface area (Å²) in [7, 11) is 0. The summed E-state index contributed by atoms with van der Waals surface area (Å²) in [6.45, 7) is 3.59. The molecule has 10 nitrogen and oxygen atoms in total. The average Bonchev–Trinajstić information content (AvgIpc) is 3.28. The Hall–Kier alpha value is -1.89. The van der Waals surface area contributed by atoms with Crippen molar-refractivity contribution < 1.29 is 44.9 Å². The molecule has 0 bridgehead atoms. The Balaban J connectivity index is 2.37. The highest BCUT2D eigenvalue weighted by atomic mass is 16.7. The first-order valence-electron chi connectivity index (χ1n) is 26.0. The highest BCUT2D eigenvalue weighted by molar-refractivity contribution is 5.80. The van der Waals surface area contributed by atoms with E-state index in [-0.39, 0.29) is 6.61 Å². The van der Waals surface area contributed by atoms with Crippen LogP contribution in [0.2, 0.25) is 0 Å². The van der Waals surface area contributed by atoms with Gasteiger partial charge < -0.3 is 45.4 Å². The maximum Gasteiger partial charge on any atom is 0.249 e. The molecule has 1 amide bonds. The Morgan fingerprint density at radius 2 is 0.984 bits per heavy atom. The van der Waals surface area contributed by atoms with Gasteiger partial charge in [-0.3, -0.25) is 4.79 Å². The number of hydrogen-bond donors (Lipinski definition) is 7. The van der Waals surface area contributed by atoms with E-state index in [1.54, 1.807) is 6.08 Å². The molecule has 1 saturated heterocycles. The number of unbranched alkanes of at least 4 members (excludes halogenated alkanes) is 26. The van der Waals surface area contributed by atoms with E-state index in [1.165, 1.54) is 128 Å². The van der Waals surface area contributed by atoms with Gasteiger partial charge in [-0.15, -0.1) is 0 Å². The molecule has 0 aliphatic carbocycles. The number of aliphatic hydroxyl groups excluding tert-OH is 6. The van der Waals surface area contributed by atoms with Crippen LogP contribution >= 0.6 is 0 Å². The lowest BCUT2D eigenvalue weighted by Crippen LogP contribution is -2.60. The van der Waals surface area contributed by atoms with Gasteiger partial charge in [-0.2, -0.15) is 0 Å². The second-order valence-electron chi connectivity index (χ2n) is 18.1. The Kier molecular flexibility index (Phi) is 40.1. The molecule has 10 heteroatoms. The largest absolute Gasteiger partial charge is 0.394 e. The monoisotopic (exact) mass is 892 g/mol. The van der Waals surface area contributed by atoms with Crippen molar-refractivity contribution in [3.8, 4) is 0 Å². The maximum atomic E-state index is 13.1. The Labute approximate surface area is 385 Å². The SMILES string of the molecule is CCCCCCCCCCC/C=C\C/C=C\CCCCCCCCC(O)C(=O)NC(COC1OC(CO)C(O)C(O)C1O)C(O)/C=C/CC/C=C/CCCCCCCCCCCC. The van der Waals surface area contributed by atoms with Crippen LogP contribution in [-0.2, 0) is 14.3 Å². The zero-order valence-electron chi connectivity index (χ0n) is 40.2. The molecule has 7 N–H and O–H groups in total. The Morgan fingerprint density at radius 1 is 0.556 bits per heavy atom. The van der Waals surface area contributed by atoms with Crippen LogP contribution in [0.15, 0.2) is 48.6 Å². The van der Waals surface area contributed by atoms with Crippen LogP contribution in [0.1, 0.15) is 219 Å². The van der Waals surface area contributed by atoms with Gasteiger partial charge in [0.1, 0.15) is 30.5 Å². The highest BCUT2D eigenvalue weighted by Crippen LogP contribution is 2.23. The molecule has 1 heterocycles. The number of allylic oxidation sites excluding steroid dienone is 7. The number of ether oxygens (including phenoxy) is 2. The minimum absolute atomic E-state index is 0.291. The lowest BCUT2D eigenvalue weighted by molar-refractivity contribution is -0.302. The van der Waals surface area contributed by atoms with Crippen LogP contribution in [0.3, 0.4) is 0 Å². The fourth-order valence-electron chi connectivity index (χ4n) is 7.97. The summed E-state index contributed by atoms with van der Waals surface area (Å²) in [4.78, 5) is 13.1. The maximum absolute atomic E-state index is 13.1. The van der Waals surface area contributed by atoms with E-state index < -0.39 is 61.5 Å². The minimum atomic E-state index is -1.62. The first-order chi connectivity index (χ1) is 30.8. The lowest BCUT2D eigenvalue weighted by atomic mass is 9.99. The number of nitrogens with one attached hydrogen (secondary N) is 1. The molecule has 0 saturated carbocycles. The van der Waals surface area contributed by atoms with E-state index in [9.17, 15) is 35.4 Å². The summed E-state index contributed by atoms with van der Waals surface area (Å²) in [6.07, 6.45) is 44.8. The molecular formula is C53H97NO9. The third-order valence-corrected chi connectivity index (χ3v) is 12.2. The first kappa shape index (κ1) is 59.1. The predicted molar refractivity (Wildman–Crippen MR) is 259 cm³/mol. The summed E-state index contributed by atoms with van der Waals surface area (Å²) in [5.74, 6) is -0.634. The van der Waals surface area contributed by atoms with Gasteiger partial charge in [0, 0.05) is 0 Å². The minimum Gasteiger partial charge on any atom is -0.394 e. The molecule has 8 unspecified atom stereocenters. The first-order valence-corrected chi connectivity index (χ1v) is 26.0. The van der Waals surface area contributed by atoms with E-state index in [0.717, 1.165) is 57.8 Å². The van der Waals surface area contributed by atoms with Crippen molar-refractivity contribution in [3.05, 3.63) is 48.6 Å². The third kappa shape index (κ3) is 32.4. The van der Waals surface area contributed by atoms with E-state index in [1.807, 2.05) is 6.08 Å². The number of carbonyl (C=O) groups excluding carboxylic acids is 1. The molecule has 0 spiro atoms. The standard InChI is InChI=1S/C53H97NO9/c1-3-5-7-9-11-13-15-17-19-21-22-23-24-25-26-28-30-32-34-36-38-40-42-47(57)52(61)54-45(44-62-53-51(60)50(59)49(58)48(43-55)63-53)46(56)41-39-37-35-33-31-29-27-20-18-16-14-12-10-8-6-4-2/h22-23,25-26,31,33,39,41,45-51,53,55-60H,3-21,24,27-30,32,34-38,40,42-44H2,1-2H3,(H,54,61)/b23-22-,26-25-,33-31+,41-39+. The number of amides is 1. The van der Waals surface area contributed by atoms with Gasteiger partial charge in [-0.25, -0.2) is 0 Å². The van der Waals surface area contributed by atoms with Crippen molar-refractivity contribution in [1.82, 2.24) is 5.32 Å². The molecule has 0 aromatic rings. The van der Waals surface area contributed by atoms with Gasteiger partial charge in [0.15, 0.2) is 6.29 Å². The Bertz CT molecular complexity index is 1140. The summed E-state index contributed by atoms with van der Waals surface area (Å²) in [5, 5.41) is 64.8. The fourth-order valence-corrected chi connectivity index (χ4v) is 7.97. The van der Waals surface area contributed by atoms with Gasteiger partial charge in [0.05, 0.1) is 25.4 Å². The van der Waals surface area contributed by atoms with Crippen LogP contribution in [0.4, 0.5) is 0 Å². The second-order valence-corrected chi connectivity index (χ2v) is 18.1. The van der Waals surface area contributed by atoms with Crippen molar-refractivity contribution >= 4 is 5.91 Å². The van der Waals surface area contributed by atoms with Crippen molar-refractivity contribution in [2.45, 2.75) is 268 Å². The second kappa shape index (κ2) is 42.7. The molecule has 0 aromatic carbocycles. The van der Waals surface area contributed by atoms with E-state index in [2.05, 4.69) is 55.6 Å².